The first-order valence-electron chi connectivity index (χ1n) is 18.0. The van der Waals surface area contributed by atoms with Gasteiger partial charge in [-0.2, -0.15) is 0 Å². The molecular formula is C36H71NO2. The van der Waals surface area contributed by atoms with Gasteiger partial charge < -0.3 is 0 Å². The number of hydrogen-bond donors (Lipinski definition) is 1. The summed E-state index contributed by atoms with van der Waals surface area (Å²) in [6.07, 6.45) is 40.9. The minimum Gasteiger partial charge on any atom is -0.296 e. The maximum Gasteiger partial charge on any atom is 0.226 e. The van der Waals surface area contributed by atoms with Gasteiger partial charge in [0.2, 0.25) is 11.8 Å². The fourth-order valence-electron chi connectivity index (χ4n) is 5.59. The summed E-state index contributed by atoms with van der Waals surface area (Å²) in [7, 11) is 0. The van der Waals surface area contributed by atoms with Crippen LogP contribution in [-0.2, 0) is 9.59 Å². The number of carbonyl (C=O) groups is 2. The van der Waals surface area contributed by atoms with Gasteiger partial charge in [-0.1, -0.05) is 194 Å². The Bertz CT molecular complexity index is 504. The summed E-state index contributed by atoms with van der Waals surface area (Å²) in [6.45, 7) is 4.54. The Morgan fingerprint density at radius 1 is 0.308 bits per heavy atom. The number of imide groups is 1. The molecule has 0 saturated heterocycles. The molecule has 2 amide bonds. The first-order valence-corrected chi connectivity index (χ1v) is 18.0. The highest BCUT2D eigenvalue weighted by atomic mass is 16.2. The standard InChI is InChI=1S/C36H71NO2/c1-3-5-7-9-11-13-14-15-16-17-18-19-20-21-22-23-24-26-28-30-32-34-36(39)37-35(38)33-31-29-27-25-12-10-8-6-4-2/h3-34H2,1-2H3,(H,37,38,39). The Hall–Kier alpha value is -0.860. The van der Waals surface area contributed by atoms with E-state index >= 15 is 0 Å². The predicted molar refractivity (Wildman–Crippen MR) is 172 cm³/mol. The molecule has 0 saturated carbocycles. The minimum atomic E-state index is -0.0774. The number of unbranched alkanes of at least 4 members (excludes halogenated alkanes) is 28. The summed E-state index contributed by atoms with van der Waals surface area (Å²) < 4.78 is 0. The van der Waals surface area contributed by atoms with E-state index in [0.717, 1.165) is 25.7 Å². The molecule has 0 aliphatic heterocycles. The van der Waals surface area contributed by atoms with Crippen molar-refractivity contribution in [3.05, 3.63) is 0 Å². The molecule has 0 aromatic heterocycles. The van der Waals surface area contributed by atoms with Crippen LogP contribution in [-0.4, -0.2) is 11.8 Å². The molecule has 0 radical (unpaired) electrons. The molecular weight excluding hydrogens is 478 g/mol. The van der Waals surface area contributed by atoms with E-state index in [-0.39, 0.29) is 11.8 Å². The van der Waals surface area contributed by atoms with Crippen LogP contribution in [0.2, 0.25) is 0 Å². The van der Waals surface area contributed by atoms with Gasteiger partial charge in [0, 0.05) is 12.8 Å². The lowest BCUT2D eigenvalue weighted by Gasteiger charge is -2.05. The lowest BCUT2D eigenvalue weighted by molar-refractivity contribution is -0.130. The predicted octanol–water partition coefficient (Wildman–Crippen LogP) is 12.2. The zero-order valence-electron chi connectivity index (χ0n) is 26.9. The quantitative estimate of drug-likeness (QED) is 0.0848. The second-order valence-electron chi connectivity index (χ2n) is 12.4. The van der Waals surface area contributed by atoms with E-state index in [1.807, 2.05) is 0 Å². The normalized spacial score (nSPS) is 11.2. The largest absolute Gasteiger partial charge is 0.296 e. The van der Waals surface area contributed by atoms with Crippen LogP contribution < -0.4 is 5.32 Å². The SMILES string of the molecule is CCCCCCCCCCCCCCCCCCCCCCCC(=O)NC(=O)CCCCCCCCCCC. The second-order valence-corrected chi connectivity index (χ2v) is 12.4. The molecule has 3 heteroatoms. The molecule has 232 valence electrons. The number of carbonyl (C=O) groups excluding carboxylic acids is 2. The molecule has 0 atom stereocenters. The molecule has 0 unspecified atom stereocenters. The molecule has 0 aromatic carbocycles. The van der Waals surface area contributed by atoms with Crippen molar-refractivity contribution in [2.75, 3.05) is 0 Å². The molecule has 0 fully saturated rings. The van der Waals surface area contributed by atoms with Gasteiger partial charge in [-0.3, -0.25) is 14.9 Å². The van der Waals surface area contributed by atoms with Crippen LogP contribution in [0.1, 0.15) is 219 Å². The highest BCUT2D eigenvalue weighted by molar-refractivity contribution is 5.95. The average molecular weight is 550 g/mol. The molecule has 0 bridgehead atoms. The van der Waals surface area contributed by atoms with E-state index in [1.165, 1.54) is 167 Å². The molecule has 39 heavy (non-hydrogen) atoms. The third kappa shape index (κ3) is 33.2. The zero-order chi connectivity index (χ0) is 28.5. The number of hydrogen-bond acceptors (Lipinski definition) is 2. The van der Waals surface area contributed by atoms with Crippen LogP contribution in [0.3, 0.4) is 0 Å². The third-order valence-electron chi connectivity index (χ3n) is 8.29. The summed E-state index contributed by atoms with van der Waals surface area (Å²) >= 11 is 0. The van der Waals surface area contributed by atoms with Crippen LogP contribution in [0.25, 0.3) is 0 Å². The van der Waals surface area contributed by atoms with Crippen molar-refractivity contribution in [1.82, 2.24) is 5.32 Å². The second kappa shape index (κ2) is 33.3. The van der Waals surface area contributed by atoms with Crippen LogP contribution in [0, 0.1) is 0 Å². The van der Waals surface area contributed by atoms with Gasteiger partial charge in [0.05, 0.1) is 0 Å². The summed E-state index contributed by atoms with van der Waals surface area (Å²) in [5.74, 6) is -0.153. The van der Waals surface area contributed by atoms with Crippen molar-refractivity contribution in [2.45, 2.75) is 219 Å². The van der Waals surface area contributed by atoms with E-state index in [4.69, 9.17) is 0 Å². The Kier molecular flexibility index (Phi) is 32.6. The van der Waals surface area contributed by atoms with Crippen molar-refractivity contribution in [2.24, 2.45) is 0 Å². The lowest BCUT2D eigenvalue weighted by Crippen LogP contribution is -2.29. The maximum atomic E-state index is 12.0. The van der Waals surface area contributed by atoms with E-state index < -0.39 is 0 Å². The molecule has 0 rings (SSSR count). The van der Waals surface area contributed by atoms with Gasteiger partial charge in [-0.05, 0) is 12.8 Å². The van der Waals surface area contributed by atoms with Crippen molar-refractivity contribution in [3.63, 3.8) is 0 Å². The van der Waals surface area contributed by atoms with E-state index in [2.05, 4.69) is 19.2 Å². The van der Waals surface area contributed by atoms with Crippen LogP contribution in [0.5, 0.6) is 0 Å². The summed E-state index contributed by atoms with van der Waals surface area (Å²) in [5, 5.41) is 2.59. The van der Waals surface area contributed by atoms with Crippen molar-refractivity contribution in [1.29, 1.82) is 0 Å². The van der Waals surface area contributed by atoms with Crippen LogP contribution in [0.15, 0.2) is 0 Å². The molecule has 0 spiro atoms. The monoisotopic (exact) mass is 550 g/mol. The fraction of sp³-hybridized carbons (Fsp3) is 0.944. The van der Waals surface area contributed by atoms with Gasteiger partial charge in [-0.25, -0.2) is 0 Å². The lowest BCUT2D eigenvalue weighted by atomic mass is 10.0. The zero-order valence-corrected chi connectivity index (χ0v) is 26.9. The van der Waals surface area contributed by atoms with Crippen molar-refractivity contribution >= 4 is 11.8 Å². The number of rotatable bonds is 32. The van der Waals surface area contributed by atoms with Gasteiger partial charge in [-0.15, -0.1) is 0 Å². The van der Waals surface area contributed by atoms with E-state index in [1.54, 1.807) is 0 Å². The highest BCUT2D eigenvalue weighted by Crippen LogP contribution is 2.15. The topological polar surface area (TPSA) is 46.2 Å². The van der Waals surface area contributed by atoms with Gasteiger partial charge in [0.25, 0.3) is 0 Å². The van der Waals surface area contributed by atoms with Crippen LogP contribution >= 0.6 is 0 Å². The Labute approximate surface area is 245 Å². The fourth-order valence-corrected chi connectivity index (χ4v) is 5.59. The van der Waals surface area contributed by atoms with Gasteiger partial charge in [0.1, 0.15) is 0 Å². The van der Waals surface area contributed by atoms with E-state index in [9.17, 15) is 9.59 Å². The molecule has 0 aliphatic rings. The minimum absolute atomic E-state index is 0.0753. The molecule has 0 aliphatic carbocycles. The third-order valence-corrected chi connectivity index (χ3v) is 8.29. The molecule has 0 aromatic rings. The molecule has 1 N–H and O–H groups in total. The van der Waals surface area contributed by atoms with Crippen molar-refractivity contribution < 1.29 is 9.59 Å². The number of amides is 2. The first-order chi connectivity index (χ1) is 19.2. The summed E-state index contributed by atoms with van der Waals surface area (Å²) in [4.78, 5) is 23.9. The molecule has 0 heterocycles. The Morgan fingerprint density at radius 3 is 0.692 bits per heavy atom. The van der Waals surface area contributed by atoms with Gasteiger partial charge >= 0.3 is 0 Å². The Morgan fingerprint density at radius 2 is 0.487 bits per heavy atom. The molecule has 3 nitrogen and oxygen atoms in total. The smallest absolute Gasteiger partial charge is 0.226 e. The van der Waals surface area contributed by atoms with Crippen molar-refractivity contribution in [3.8, 4) is 0 Å². The number of nitrogens with one attached hydrogen (secondary N) is 1. The first kappa shape index (κ1) is 38.1. The maximum absolute atomic E-state index is 12.0. The van der Waals surface area contributed by atoms with Crippen LogP contribution in [0.4, 0.5) is 0 Å². The summed E-state index contributed by atoms with van der Waals surface area (Å²) in [5.41, 5.74) is 0. The van der Waals surface area contributed by atoms with E-state index in [0.29, 0.717) is 12.8 Å². The van der Waals surface area contributed by atoms with Gasteiger partial charge in [0.15, 0.2) is 0 Å². The summed E-state index contributed by atoms with van der Waals surface area (Å²) in [6, 6.07) is 0. The highest BCUT2D eigenvalue weighted by Gasteiger charge is 2.07. The Balaban J connectivity index is 3.23. The average Bonchev–Trinajstić information content (AvgIpc) is 2.93.